The largest absolute Gasteiger partial charge is 2.00 e. The van der Waals surface area contributed by atoms with Gasteiger partial charge in [0, 0.05) is 10.5 Å². The zero-order valence-corrected chi connectivity index (χ0v) is 16.8. The Kier molecular flexibility index (Phi) is 19.4. The van der Waals surface area contributed by atoms with Crippen molar-refractivity contribution in [2.75, 3.05) is 0 Å². The van der Waals surface area contributed by atoms with Gasteiger partial charge < -0.3 is 0 Å². The van der Waals surface area contributed by atoms with Gasteiger partial charge in [0.1, 0.15) is 0 Å². The summed E-state index contributed by atoms with van der Waals surface area (Å²) in [5, 5.41) is 2.64. The molecule has 4 heteroatoms. The van der Waals surface area contributed by atoms with Crippen LogP contribution < -0.4 is 0 Å². The molecule has 0 aliphatic heterocycles. The summed E-state index contributed by atoms with van der Waals surface area (Å²) in [4.78, 5) is 0. The van der Waals surface area contributed by atoms with Crippen LogP contribution in [0.2, 0.25) is 0 Å². The molecule has 4 aliphatic rings. The molecule has 0 bridgehead atoms. The minimum absolute atomic E-state index is 0. The van der Waals surface area contributed by atoms with Crippen molar-refractivity contribution in [1.29, 1.82) is 0 Å². The molecule has 4 aliphatic carbocycles. The van der Waals surface area contributed by atoms with E-state index in [1.54, 1.807) is 21.6 Å². The Bertz CT molecular complexity index is 203. The Hall–Kier alpha value is 1.74. The molecule has 0 aromatic rings. The maximum absolute atomic E-state index is 2.13. The monoisotopic (exact) mass is 434 g/mol. The van der Waals surface area contributed by atoms with Crippen LogP contribution in [0.5, 0.6) is 0 Å². The van der Waals surface area contributed by atoms with Crippen molar-refractivity contribution in [2.24, 2.45) is 0 Å². The Morgan fingerprint density at radius 3 is 0.750 bits per heavy atom. The molecule has 4 rings (SSSR count). The Balaban J connectivity index is 0.000000370. The van der Waals surface area contributed by atoms with E-state index >= 15 is 0 Å². The zero-order chi connectivity index (χ0) is 15.3. The van der Waals surface area contributed by atoms with Crippen molar-refractivity contribution in [3.05, 3.63) is 126 Å². The molecule has 4 fully saturated rings. The van der Waals surface area contributed by atoms with Gasteiger partial charge in [-0.2, -0.15) is 0 Å². The van der Waals surface area contributed by atoms with Gasteiger partial charge in [-0.25, -0.2) is 0 Å². The Morgan fingerprint density at radius 2 is 0.542 bits per heavy atom. The van der Waals surface area contributed by atoms with E-state index < -0.39 is 0 Å². The first-order chi connectivity index (χ1) is 10.9. The summed E-state index contributed by atoms with van der Waals surface area (Å²) in [7, 11) is 3.60. The summed E-state index contributed by atoms with van der Waals surface area (Å²) in [6, 6.07) is 0. The van der Waals surface area contributed by atoms with Crippen LogP contribution in [0.15, 0.2) is 0 Å². The molecule has 0 saturated heterocycles. The standard InChI is InChI=1S/C10H8S2.2C5H5.2Fe/c1-2-6-9(5-1)11-12-10-7-3-4-8-10;2*1-2-4-5-3-1;;/h1-8H;2*1-5H;;/q;;;2*+2. The molecule has 0 atom stereocenters. The van der Waals surface area contributed by atoms with Gasteiger partial charge in [0.15, 0.2) is 0 Å². The predicted molar refractivity (Wildman–Crippen MR) is 99.1 cm³/mol. The Labute approximate surface area is 180 Å². The third-order valence-electron chi connectivity index (χ3n) is 2.61. The second-order valence-corrected chi connectivity index (χ2v) is 6.61. The van der Waals surface area contributed by atoms with E-state index in [9.17, 15) is 0 Å². The van der Waals surface area contributed by atoms with Crippen LogP contribution >= 0.6 is 21.6 Å². The van der Waals surface area contributed by atoms with Crippen LogP contribution in [-0.2, 0) is 34.1 Å². The topological polar surface area (TPSA) is 0 Å². The summed E-state index contributed by atoms with van der Waals surface area (Å²) in [6.07, 6.45) is 36.8. The van der Waals surface area contributed by atoms with E-state index in [0.29, 0.717) is 0 Å². The summed E-state index contributed by atoms with van der Waals surface area (Å²) in [5.74, 6) is 0. The zero-order valence-electron chi connectivity index (χ0n) is 12.9. The quantitative estimate of drug-likeness (QED) is 0.446. The van der Waals surface area contributed by atoms with Gasteiger partial charge in [0.25, 0.3) is 0 Å². The third-order valence-corrected chi connectivity index (χ3v) is 5.03. The number of hydrogen-bond donors (Lipinski definition) is 0. The average Bonchev–Trinajstić information content (AvgIpc) is 3.41. The molecular weight excluding hydrogens is 416 g/mol. The van der Waals surface area contributed by atoms with Crippen molar-refractivity contribution in [3.8, 4) is 0 Å². The summed E-state index contributed by atoms with van der Waals surface area (Å²) >= 11 is 0. The smallest absolute Gasteiger partial charge is 0.0845 e. The fourth-order valence-electron chi connectivity index (χ4n) is 1.56. The van der Waals surface area contributed by atoms with Gasteiger partial charge in [-0.3, -0.25) is 0 Å². The third kappa shape index (κ3) is 13.0. The van der Waals surface area contributed by atoms with Crippen molar-refractivity contribution in [1.82, 2.24) is 0 Å². The molecule has 20 radical (unpaired) electrons. The van der Waals surface area contributed by atoms with Crippen LogP contribution in [0.25, 0.3) is 0 Å². The molecule has 4 saturated carbocycles. The van der Waals surface area contributed by atoms with Crippen LogP contribution in [-0.4, -0.2) is 0 Å². The van der Waals surface area contributed by atoms with E-state index in [2.05, 4.69) is 51.4 Å². The molecule has 0 heterocycles. The first-order valence-corrected chi connectivity index (χ1v) is 9.21. The average molecular weight is 434 g/mol. The summed E-state index contributed by atoms with van der Waals surface area (Å²) in [5.41, 5.74) is 0. The van der Waals surface area contributed by atoms with Gasteiger partial charge in [0.05, 0.1) is 0 Å². The van der Waals surface area contributed by atoms with Crippen molar-refractivity contribution in [3.63, 3.8) is 0 Å². The Morgan fingerprint density at radius 1 is 0.333 bits per heavy atom. The van der Waals surface area contributed by atoms with Crippen LogP contribution in [0, 0.1) is 126 Å². The molecular formula is C20H18Fe2S2+4. The predicted octanol–water partition coefficient (Wildman–Crippen LogP) is 5.13. The minimum atomic E-state index is 0. The van der Waals surface area contributed by atoms with E-state index in [4.69, 9.17) is 0 Å². The number of rotatable bonds is 3. The summed E-state index contributed by atoms with van der Waals surface area (Å²) in [6.45, 7) is 0. The SMILES string of the molecule is [CH]1[CH][CH][CH][CH]1.[CH]1[CH][CH][CH][CH]1.[CH]1[CH][CH][C](SS[C]2[CH][CH][CH][CH]2)[CH]1.[Fe+2].[Fe+2]. The fraction of sp³-hybridized carbons (Fsp3) is 0. The molecule has 0 amide bonds. The van der Waals surface area contributed by atoms with Crippen LogP contribution in [0.1, 0.15) is 0 Å². The molecule has 24 heavy (non-hydrogen) atoms. The van der Waals surface area contributed by atoms with E-state index in [-0.39, 0.29) is 34.1 Å². The van der Waals surface area contributed by atoms with Crippen molar-refractivity contribution in [2.45, 2.75) is 0 Å². The summed E-state index contributed by atoms with van der Waals surface area (Å²) < 4.78 is 0. The fourth-order valence-corrected chi connectivity index (χ4v) is 3.53. The van der Waals surface area contributed by atoms with Gasteiger partial charge >= 0.3 is 34.1 Å². The molecule has 0 aromatic heterocycles. The normalized spacial score (nSPS) is 23.5. The van der Waals surface area contributed by atoms with Gasteiger partial charge in [-0.05, 0) is 116 Å². The first kappa shape index (κ1) is 25.7. The molecule has 0 N–H and O–H groups in total. The van der Waals surface area contributed by atoms with Gasteiger partial charge in [0.2, 0.25) is 0 Å². The van der Waals surface area contributed by atoms with E-state index in [0.717, 1.165) is 0 Å². The van der Waals surface area contributed by atoms with Crippen molar-refractivity contribution >= 4 is 21.6 Å². The number of hydrogen-bond acceptors (Lipinski definition) is 2. The molecule has 0 unspecified atom stereocenters. The molecule has 122 valence electrons. The second-order valence-electron chi connectivity index (χ2n) is 4.33. The maximum Gasteiger partial charge on any atom is 2.00 e. The second kappa shape index (κ2) is 18.1. The molecule has 0 nitrogen and oxygen atoms in total. The van der Waals surface area contributed by atoms with E-state index in [1.807, 2.05) is 64.2 Å². The van der Waals surface area contributed by atoms with Crippen molar-refractivity contribution < 1.29 is 34.1 Å². The minimum Gasteiger partial charge on any atom is -0.0845 e. The van der Waals surface area contributed by atoms with Crippen LogP contribution in [0.4, 0.5) is 0 Å². The van der Waals surface area contributed by atoms with Gasteiger partial charge in [-0.1, -0.05) is 21.6 Å². The van der Waals surface area contributed by atoms with E-state index in [1.165, 1.54) is 10.5 Å². The van der Waals surface area contributed by atoms with Crippen LogP contribution in [0.3, 0.4) is 0 Å². The maximum atomic E-state index is 2.13. The first-order valence-electron chi connectivity index (χ1n) is 7.06. The molecule has 0 aromatic carbocycles. The molecule has 0 spiro atoms. The van der Waals surface area contributed by atoms with Gasteiger partial charge in [-0.15, -0.1) is 0 Å².